The Hall–Kier alpha value is -3.19. The van der Waals surface area contributed by atoms with E-state index in [2.05, 4.69) is 40.2 Å². The summed E-state index contributed by atoms with van der Waals surface area (Å²) in [7, 11) is 2.16. The summed E-state index contributed by atoms with van der Waals surface area (Å²) in [6.45, 7) is 8.73. The molecule has 3 aromatic rings. The van der Waals surface area contributed by atoms with Crippen molar-refractivity contribution in [3.05, 3.63) is 59.7 Å². The minimum Gasteiger partial charge on any atom is -0.367 e. The molecular weight excluding hydrogens is 426 g/mol. The fraction of sp³-hybridized carbons (Fsp3) is 0.444. The first-order valence-corrected chi connectivity index (χ1v) is 12.2. The molecule has 4 heterocycles. The first-order chi connectivity index (χ1) is 16.5. The fourth-order valence-corrected chi connectivity index (χ4v) is 5.25. The second kappa shape index (κ2) is 9.58. The Morgan fingerprint density at radius 3 is 2.50 bits per heavy atom. The van der Waals surface area contributed by atoms with E-state index in [1.54, 1.807) is 0 Å². The summed E-state index contributed by atoms with van der Waals surface area (Å²) < 4.78 is 5.32. The molecule has 7 heteroatoms. The van der Waals surface area contributed by atoms with Crippen molar-refractivity contribution in [1.29, 1.82) is 0 Å². The number of hydrogen-bond acceptors (Lipinski definition) is 6. The van der Waals surface area contributed by atoms with E-state index >= 15 is 0 Å². The summed E-state index contributed by atoms with van der Waals surface area (Å²) in [6.07, 6.45) is 4.45. The normalized spacial score (nSPS) is 19.6. The van der Waals surface area contributed by atoms with E-state index in [0.29, 0.717) is 6.42 Å². The minimum atomic E-state index is -0.0443. The molecule has 2 aliphatic rings. The number of amides is 1. The van der Waals surface area contributed by atoms with E-state index in [1.807, 2.05) is 43.1 Å². The van der Waals surface area contributed by atoms with Crippen LogP contribution >= 0.6 is 0 Å². The number of carbonyl (C=O) groups is 1. The summed E-state index contributed by atoms with van der Waals surface area (Å²) >= 11 is 0. The van der Waals surface area contributed by atoms with Gasteiger partial charge in [0.2, 0.25) is 5.91 Å². The smallest absolute Gasteiger partial charge is 0.230 e. The third-order valence-electron chi connectivity index (χ3n) is 7.20. The summed E-state index contributed by atoms with van der Waals surface area (Å²) in [5, 5.41) is 4.06. The van der Waals surface area contributed by atoms with E-state index in [0.717, 1.165) is 79.5 Å². The van der Waals surface area contributed by atoms with Crippen molar-refractivity contribution in [3.63, 3.8) is 0 Å². The predicted octanol–water partition coefficient (Wildman–Crippen LogP) is 4.09. The number of piperazine rings is 1. The topological polar surface area (TPSA) is 65.7 Å². The number of rotatable bonds is 5. The number of carbonyl (C=O) groups excluding carboxylic acids is 1. The van der Waals surface area contributed by atoms with Crippen LogP contribution in [0, 0.1) is 19.8 Å². The largest absolute Gasteiger partial charge is 0.367 e. The van der Waals surface area contributed by atoms with Crippen LogP contribution in [0.2, 0.25) is 0 Å². The van der Waals surface area contributed by atoms with Crippen molar-refractivity contribution >= 4 is 17.3 Å². The van der Waals surface area contributed by atoms with Gasteiger partial charge in [-0.2, -0.15) is 0 Å². The molecule has 0 aliphatic carbocycles. The zero-order valence-corrected chi connectivity index (χ0v) is 20.3. The lowest BCUT2D eigenvalue weighted by atomic mass is 9.91. The molecule has 1 unspecified atom stereocenters. The fourth-order valence-electron chi connectivity index (χ4n) is 5.25. The van der Waals surface area contributed by atoms with Gasteiger partial charge in [-0.15, -0.1) is 0 Å². The van der Waals surface area contributed by atoms with Gasteiger partial charge in [0, 0.05) is 62.5 Å². The highest BCUT2D eigenvalue weighted by Gasteiger charge is 2.31. The number of aromatic nitrogens is 2. The van der Waals surface area contributed by atoms with Gasteiger partial charge in [0.25, 0.3) is 0 Å². The van der Waals surface area contributed by atoms with Crippen LogP contribution in [0.4, 0.5) is 11.4 Å². The molecule has 34 heavy (non-hydrogen) atoms. The predicted molar refractivity (Wildman–Crippen MR) is 134 cm³/mol. The Balaban J connectivity index is 1.32. The Kier molecular flexibility index (Phi) is 6.37. The van der Waals surface area contributed by atoms with Gasteiger partial charge in [-0.1, -0.05) is 17.3 Å². The Morgan fingerprint density at radius 2 is 1.79 bits per heavy atom. The average Bonchev–Trinajstić information content (AvgIpc) is 3.19. The van der Waals surface area contributed by atoms with Gasteiger partial charge in [0.15, 0.2) is 0 Å². The van der Waals surface area contributed by atoms with Crippen molar-refractivity contribution in [1.82, 2.24) is 15.0 Å². The molecule has 0 saturated carbocycles. The van der Waals surface area contributed by atoms with E-state index in [9.17, 15) is 4.79 Å². The summed E-state index contributed by atoms with van der Waals surface area (Å²) in [6, 6.07) is 12.4. The first-order valence-electron chi connectivity index (χ1n) is 12.2. The molecule has 1 atom stereocenters. The minimum absolute atomic E-state index is 0.0443. The quantitative estimate of drug-likeness (QED) is 0.573. The van der Waals surface area contributed by atoms with Crippen LogP contribution in [0.1, 0.15) is 30.0 Å². The number of hydrogen-bond donors (Lipinski definition) is 0. The van der Waals surface area contributed by atoms with Gasteiger partial charge in [-0.25, -0.2) is 0 Å². The summed E-state index contributed by atoms with van der Waals surface area (Å²) in [4.78, 5) is 25.0. The highest BCUT2D eigenvalue weighted by Crippen LogP contribution is 2.32. The van der Waals surface area contributed by atoms with Gasteiger partial charge in [0.05, 0.1) is 17.1 Å². The van der Waals surface area contributed by atoms with Crippen LogP contribution in [0.5, 0.6) is 0 Å². The van der Waals surface area contributed by atoms with Crippen molar-refractivity contribution in [3.8, 4) is 11.1 Å². The van der Waals surface area contributed by atoms with Crippen molar-refractivity contribution in [2.75, 3.05) is 49.6 Å². The Morgan fingerprint density at radius 1 is 1.03 bits per heavy atom. The number of pyridine rings is 1. The molecule has 0 N–H and O–H groups in total. The summed E-state index contributed by atoms with van der Waals surface area (Å²) in [5.74, 6) is 0.967. The molecule has 0 spiro atoms. The van der Waals surface area contributed by atoms with E-state index in [4.69, 9.17) is 9.51 Å². The van der Waals surface area contributed by atoms with Crippen LogP contribution < -0.4 is 9.80 Å². The van der Waals surface area contributed by atoms with Crippen molar-refractivity contribution in [2.45, 2.75) is 33.1 Å². The third kappa shape index (κ3) is 4.44. The highest BCUT2D eigenvalue weighted by atomic mass is 16.5. The number of benzene rings is 1. The standard InChI is InChI=1S/C27H33N5O2/c1-19-26(20(2)34-29-19)21-8-10-23(11-9-21)32-13-5-6-22(27(32)33)18-24-25(7-4-12-28-24)31-16-14-30(3)15-17-31/h4,7-12,22H,5-6,13-18H2,1-3H3. The maximum atomic E-state index is 13.5. The zero-order chi connectivity index (χ0) is 23.7. The van der Waals surface area contributed by atoms with Crippen LogP contribution in [-0.4, -0.2) is 60.7 Å². The Labute approximate surface area is 201 Å². The van der Waals surface area contributed by atoms with Crippen LogP contribution in [0.25, 0.3) is 11.1 Å². The number of piperidine rings is 1. The average molecular weight is 460 g/mol. The first kappa shape index (κ1) is 22.6. The molecule has 2 aliphatic heterocycles. The summed E-state index contributed by atoms with van der Waals surface area (Å²) in [5.41, 5.74) is 6.15. The molecule has 5 rings (SSSR count). The van der Waals surface area contributed by atoms with E-state index in [-0.39, 0.29) is 11.8 Å². The maximum Gasteiger partial charge on any atom is 0.230 e. The number of nitrogens with zero attached hydrogens (tertiary/aromatic N) is 5. The van der Waals surface area contributed by atoms with E-state index in [1.165, 1.54) is 5.69 Å². The van der Waals surface area contributed by atoms with Gasteiger partial charge in [-0.3, -0.25) is 9.78 Å². The van der Waals surface area contributed by atoms with Crippen LogP contribution in [0.3, 0.4) is 0 Å². The second-order valence-electron chi connectivity index (χ2n) is 9.54. The molecule has 7 nitrogen and oxygen atoms in total. The van der Waals surface area contributed by atoms with Crippen molar-refractivity contribution in [2.24, 2.45) is 5.92 Å². The lowest BCUT2D eigenvalue weighted by Crippen LogP contribution is -2.45. The number of anilines is 2. The second-order valence-corrected chi connectivity index (χ2v) is 9.54. The lowest BCUT2D eigenvalue weighted by Gasteiger charge is -2.36. The number of likely N-dealkylation sites (N-methyl/N-ethyl adjacent to an activating group) is 1. The SMILES string of the molecule is Cc1noc(C)c1-c1ccc(N2CCCC(Cc3ncccc3N3CCN(C)CC3)C2=O)cc1. The van der Waals surface area contributed by atoms with Crippen LogP contribution in [-0.2, 0) is 11.2 Å². The molecule has 2 saturated heterocycles. The molecule has 2 fully saturated rings. The Bertz CT molecular complexity index is 1130. The third-order valence-corrected chi connectivity index (χ3v) is 7.20. The van der Waals surface area contributed by atoms with Gasteiger partial charge in [-0.05, 0) is 63.6 Å². The van der Waals surface area contributed by atoms with Crippen LogP contribution in [0.15, 0.2) is 47.1 Å². The molecule has 178 valence electrons. The van der Waals surface area contributed by atoms with E-state index < -0.39 is 0 Å². The van der Waals surface area contributed by atoms with Gasteiger partial charge < -0.3 is 19.2 Å². The highest BCUT2D eigenvalue weighted by molar-refractivity contribution is 5.96. The maximum absolute atomic E-state index is 13.5. The number of aryl methyl sites for hydroxylation is 2. The van der Waals surface area contributed by atoms with Crippen molar-refractivity contribution < 1.29 is 9.32 Å². The van der Waals surface area contributed by atoms with Gasteiger partial charge in [0.1, 0.15) is 5.76 Å². The lowest BCUT2D eigenvalue weighted by molar-refractivity contribution is -0.123. The monoisotopic (exact) mass is 459 g/mol. The molecule has 0 radical (unpaired) electrons. The molecular formula is C27H33N5O2. The zero-order valence-electron chi connectivity index (χ0n) is 20.3. The molecule has 2 aromatic heterocycles. The molecule has 1 amide bonds. The molecule has 1 aromatic carbocycles. The molecule has 0 bridgehead atoms. The van der Waals surface area contributed by atoms with Gasteiger partial charge >= 0.3 is 0 Å².